The van der Waals surface area contributed by atoms with Crippen LogP contribution in [-0.4, -0.2) is 4.37 Å². The lowest BCUT2D eigenvalue weighted by molar-refractivity contribution is 1.03. The van der Waals surface area contributed by atoms with Crippen LogP contribution in [0.3, 0.4) is 0 Å². The van der Waals surface area contributed by atoms with Crippen LogP contribution < -0.4 is 5.73 Å². The molecule has 0 fully saturated rings. The lowest BCUT2D eigenvalue weighted by Crippen LogP contribution is -1.94. The molecule has 0 spiro atoms. The highest BCUT2D eigenvalue weighted by Crippen LogP contribution is 2.15. The van der Waals surface area contributed by atoms with Gasteiger partial charge in [0, 0.05) is 6.54 Å². The van der Waals surface area contributed by atoms with Crippen molar-refractivity contribution in [1.82, 2.24) is 4.37 Å². The van der Waals surface area contributed by atoms with Crippen molar-refractivity contribution in [1.29, 1.82) is 0 Å². The first-order valence-corrected chi connectivity index (χ1v) is 3.70. The van der Waals surface area contributed by atoms with E-state index in [-0.39, 0.29) is 12.4 Å². The number of hydrogen-bond acceptors (Lipinski definition) is 3. The van der Waals surface area contributed by atoms with Crippen LogP contribution in [-0.2, 0) is 6.54 Å². The highest BCUT2D eigenvalue weighted by molar-refractivity contribution is 9.11. The molecule has 0 aromatic carbocycles. The van der Waals surface area contributed by atoms with Crippen molar-refractivity contribution in [2.24, 2.45) is 5.73 Å². The zero-order valence-electron chi connectivity index (χ0n) is 4.50. The molecule has 0 unspecified atom stereocenters. The summed E-state index contributed by atoms with van der Waals surface area (Å²) < 4.78 is 5.04. The molecule has 2 N–H and O–H groups in total. The monoisotopic (exact) mass is 228 g/mol. The fraction of sp³-hybridized carbons (Fsp3) is 0.250. The average molecular weight is 230 g/mol. The van der Waals surface area contributed by atoms with E-state index in [0.29, 0.717) is 6.54 Å². The second-order valence-electron chi connectivity index (χ2n) is 1.33. The normalized spacial score (nSPS) is 8.67. The first-order chi connectivity index (χ1) is 3.83. The summed E-state index contributed by atoms with van der Waals surface area (Å²) in [4.78, 5) is 0. The summed E-state index contributed by atoms with van der Waals surface area (Å²) in [6.07, 6.45) is 0. The van der Waals surface area contributed by atoms with Crippen molar-refractivity contribution < 1.29 is 0 Å². The number of aromatic nitrogens is 1. The highest BCUT2D eigenvalue weighted by Gasteiger charge is 1.93. The molecule has 0 bridgehead atoms. The average Bonchev–Trinajstić information content (AvgIpc) is 2.14. The van der Waals surface area contributed by atoms with E-state index in [2.05, 4.69) is 20.3 Å². The lowest BCUT2D eigenvalue weighted by Gasteiger charge is -1.78. The van der Waals surface area contributed by atoms with Crippen molar-refractivity contribution in [2.45, 2.75) is 6.54 Å². The largest absolute Gasteiger partial charge is 0.325 e. The van der Waals surface area contributed by atoms with Gasteiger partial charge in [0.2, 0.25) is 0 Å². The molecule has 0 amide bonds. The van der Waals surface area contributed by atoms with E-state index < -0.39 is 0 Å². The summed E-state index contributed by atoms with van der Waals surface area (Å²) in [6.45, 7) is 0.530. The van der Waals surface area contributed by atoms with Gasteiger partial charge >= 0.3 is 0 Å². The van der Waals surface area contributed by atoms with Crippen molar-refractivity contribution in [3.8, 4) is 0 Å². The van der Waals surface area contributed by atoms with Crippen LogP contribution in [0.5, 0.6) is 0 Å². The van der Waals surface area contributed by atoms with E-state index in [1.165, 1.54) is 11.5 Å². The SMILES string of the molecule is Cl.NCc1cc(Br)sn1. The van der Waals surface area contributed by atoms with Gasteiger partial charge in [-0.15, -0.1) is 12.4 Å². The second kappa shape index (κ2) is 4.22. The summed E-state index contributed by atoms with van der Waals surface area (Å²) in [5.74, 6) is 0. The Bertz CT molecular complexity index is 179. The van der Waals surface area contributed by atoms with Gasteiger partial charge in [-0.1, -0.05) is 0 Å². The Balaban J connectivity index is 0.000000640. The van der Waals surface area contributed by atoms with Crippen LogP contribution in [0.4, 0.5) is 0 Å². The van der Waals surface area contributed by atoms with Crippen molar-refractivity contribution >= 4 is 39.9 Å². The molecule has 0 aliphatic carbocycles. The minimum absolute atomic E-state index is 0. The number of rotatable bonds is 1. The minimum atomic E-state index is 0. The molecule has 0 atom stereocenters. The van der Waals surface area contributed by atoms with E-state index in [1.807, 2.05) is 6.07 Å². The maximum absolute atomic E-state index is 5.29. The fourth-order valence-electron chi connectivity index (χ4n) is 0.382. The Morgan fingerprint density at radius 2 is 2.44 bits per heavy atom. The van der Waals surface area contributed by atoms with Crippen LogP contribution in [0.2, 0.25) is 0 Å². The summed E-state index contributed by atoms with van der Waals surface area (Å²) in [6, 6.07) is 1.92. The lowest BCUT2D eigenvalue weighted by atomic mass is 10.5. The molecular formula is C4H6BrClN2S. The van der Waals surface area contributed by atoms with Crippen LogP contribution >= 0.6 is 39.9 Å². The zero-order valence-corrected chi connectivity index (χ0v) is 7.72. The molecule has 0 radical (unpaired) electrons. The predicted molar refractivity (Wildman–Crippen MR) is 45.0 cm³/mol. The molecule has 2 nitrogen and oxygen atoms in total. The van der Waals surface area contributed by atoms with Crippen molar-refractivity contribution in [3.63, 3.8) is 0 Å². The predicted octanol–water partition coefficient (Wildman–Crippen LogP) is 1.79. The molecule has 1 aromatic heterocycles. The molecule has 1 heterocycles. The van der Waals surface area contributed by atoms with E-state index in [0.717, 1.165) is 9.48 Å². The van der Waals surface area contributed by atoms with E-state index in [9.17, 15) is 0 Å². The molecular weight excluding hydrogens is 223 g/mol. The zero-order chi connectivity index (χ0) is 5.98. The first-order valence-electron chi connectivity index (χ1n) is 2.14. The van der Waals surface area contributed by atoms with E-state index in [4.69, 9.17) is 5.73 Å². The van der Waals surface area contributed by atoms with Gasteiger partial charge in [-0.25, -0.2) is 0 Å². The fourth-order valence-corrected chi connectivity index (χ4v) is 1.38. The maximum atomic E-state index is 5.29. The topological polar surface area (TPSA) is 38.9 Å². The van der Waals surface area contributed by atoms with Crippen LogP contribution in [0.1, 0.15) is 5.69 Å². The van der Waals surface area contributed by atoms with Gasteiger partial charge in [-0.05, 0) is 33.5 Å². The Hall–Kier alpha value is 0.360. The van der Waals surface area contributed by atoms with Gasteiger partial charge in [0.25, 0.3) is 0 Å². The molecule has 5 heteroatoms. The quantitative estimate of drug-likeness (QED) is 0.797. The van der Waals surface area contributed by atoms with Gasteiger partial charge in [-0.3, -0.25) is 0 Å². The third kappa shape index (κ3) is 2.62. The molecule has 0 aliphatic rings. The third-order valence-corrected chi connectivity index (χ3v) is 2.02. The summed E-state index contributed by atoms with van der Waals surface area (Å²) in [7, 11) is 0. The molecule has 0 aliphatic heterocycles. The van der Waals surface area contributed by atoms with Crippen molar-refractivity contribution in [2.75, 3.05) is 0 Å². The molecule has 52 valence electrons. The van der Waals surface area contributed by atoms with Crippen LogP contribution in [0.15, 0.2) is 9.85 Å². The van der Waals surface area contributed by atoms with E-state index in [1.54, 1.807) is 0 Å². The Morgan fingerprint density at radius 3 is 2.67 bits per heavy atom. The van der Waals surface area contributed by atoms with Crippen LogP contribution in [0, 0.1) is 0 Å². The number of nitrogens with zero attached hydrogens (tertiary/aromatic N) is 1. The number of nitrogens with two attached hydrogens (primary N) is 1. The Labute approximate surface area is 72.2 Å². The highest BCUT2D eigenvalue weighted by atomic mass is 79.9. The Kier molecular flexibility index (Phi) is 4.39. The Morgan fingerprint density at radius 1 is 1.78 bits per heavy atom. The number of halogens is 2. The van der Waals surface area contributed by atoms with E-state index >= 15 is 0 Å². The molecule has 1 rings (SSSR count). The van der Waals surface area contributed by atoms with Gasteiger partial charge in [0.1, 0.15) is 0 Å². The third-order valence-electron chi connectivity index (χ3n) is 0.739. The standard InChI is InChI=1S/C4H5BrN2S.ClH/c5-4-1-3(2-6)7-8-4;/h1H,2,6H2;1H. The summed E-state index contributed by atoms with van der Waals surface area (Å²) in [5, 5.41) is 0. The minimum Gasteiger partial charge on any atom is -0.325 e. The summed E-state index contributed by atoms with van der Waals surface area (Å²) in [5.41, 5.74) is 6.23. The van der Waals surface area contributed by atoms with Gasteiger partial charge in [-0.2, -0.15) is 4.37 Å². The van der Waals surface area contributed by atoms with Gasteiger partial charge < -0.3 is 5.73 Å². The molecule has 0 saturated heterocycles. The van der Waals surface area contributed by atoms with Gasteiger partial charge in [0.05, 0.1) is 9.48 Å². The number of hydrogen-bond donors (Lipinski definition) is 1. The molecule has 9 heavy (non-hydrogen) atoms. The summed E-state index contributed by atoms with van der Waals surface area (Å²) >= 11 is 4.69. The molecule has 1 aromatic rings. The first kappa shape index (κ1) is 9.36. The molecule has 0 saturated carbocycles. The second-order valence-corrected chi connectivity index (χ2v) is 3.51. The van der Waals surface area contributed by atoms with Crippen LogP contribution in [0.25, 0.3) is 0 Å². The van der Waals surface area contributed by atoms with Gasteiger partial charge in [0.15, 0.2) is 0 Å². The van der Waals surface area contributed by atoms with Crippen molar-refractivity contribution in [3.05, 3.63) is 15.5 Å². The smallest absolute Gasteiger partial charge is 0.0908 e. The maximum Gasteiger partial charge on any atom is 0.0908 e.